The summed E-state index contributed by atoms with van der Waals surface area (Å²) in [4.78, 5) is 8.34. The topological polar surface area (TPSA) is 51.6 Å². The van der Waals surface area contributed by atoms with Crippen LogP contribution >= 0.6 is 0 Å². The molecule has 0 bridgehead atoms. The standard InChI is InChI=1S/C9H8N4/c1-7-4-10-9(11-5-7)8-2-3-12-13-6-8/h2-6H,1H3. The minimum atomic E-state index is 0.681. The Labute approximate surface area is 75.7 Å². The SMILES string of the molecule is Cc1cnc(-c2ccnnc2)nc1. The minimum Gasteiger partial charge on any atom is -0.236 e. The van der Waals surface area contributed by atoms with E-state index in [-0.39, 0.29) is 0 Å². The van der Waals surface area contributed by atoms with Crippen molar-refractivity contribution in [1.82, 2.24) is 20.2 Å². The molecule has 4 heteroatoms. The lowest BCUT2D eigenvalue weighted by atomic mass is 10.3. The molecule has 0 saturated carbocycles. The van der Waals surface area contributed by atoms with Crippen molar-refractivity contribution in [2.24, 2.45) is 0 Å². The lowest BCUT2D eigenvalue weighted by molar-refractivity contribution is 1.02. The molecule has 2 aromatic heterocycles. The Hall–Kier alpha value is -1.84. The second-order valence-electron chi connectivity index (χ2n) is 2.72. The number of nitrogens with zero attached hydrogens (tertiary/aromatic N) is 4. The van der Waals surface area contributed by atoms with Crippen LogP contribution < -0.4 is 0 Å². The maximum Gasteiger partial charge on any atom is 0.160 e. The Morgan fingerprint density at radius 2 is 1.77 bits per heavy atom. The lowest BCUT2D eigenvalue weighted by Crippen LogP contribution is -1.90. The predicted octanol–water partition coefficient (Wildman–Crippen LogP) is 1.24. The van der Waals surface area contributed by atoms with Crippen molar-refractivity contribution >= 4 is 0 Å². The summed E-state index contributed by atoms with van der Waals surface area (Å²) < 4.78 is 0. The molecule has 2 aromatic rings. The molecule has 0 fully saturated rings. The Morgan fingerprint density at radius 3 is 2.38 bits per heavy atom. The van der Waals surface area contributed by atoms with E-state index < -0.39 is 0 Å². The van der Waals surface area contributed by atoms with E-state index in [0.717, 1.165) is 11.1 Å². The van der Waals surface area contributed by atoms with Crippen LogP contribution in [0, 0.1) is 6.92 Å². The van der Waals surface area contributed by atoms with E-state index in [0.29, 0.717) is 5.82 Å². The highest BCUT2D eigenvalue weighted by Gasteiger charge is 1.98. The molecule has 0 N–H and O–H groups in total. The normalized spacial score (nSPS) is 9.92. The van der Waals surface area contributed by atoms with E-state index in [2.05, 4.69) is 20.2 Å². The van der Waals surface area contributed by atoms with Gasteiger partial charge in [0.2, 0.25) is 0 Å². The number of rotatable bonds is 1. The number of aryl methyl sites for hydroxylation is 1. The molecule has 0 atom stereocenters. The average molecular weight is 172 g/mol. The smallest absolute Gasteiger partial charge is 0.160 e. The number of aromatic nitrogens is 4. The predicted molar refractivity (Wildman–Crippen MR) is 47.8 cm³/mol. The van der Waals surface area contributed by atoms with E-state index >= 15 is 0 Å². The van der Waals surface area contributed by atoms with Gasteiger partial charge in [0.05, 0.1) is 12.4 Å². The summed E-state index contributed by atoms with van der Waals surface area (Å²) >= 11 is 0. The molecule has 0 spiro atoms. The van der Waals surface area contributed by atoms with Crippen LogP contribution in [-0.2, 0) is 0 Å². The van der Waals surface area contributed by atoms with Gasteiger partial charge in [-0.05, 0) is 18.6 Å². The van der Waals surface area contributed by atoms with Crippen LogP contribution in [0.5, 0.6) is 0 Å². The highest BCUT2D eigenvalue weighted by Crippen LogP contribution is 2.10. The summed E-state index contributed by atoms with van der Waals surface area (Å²) in [5.41, 5.74) is 1.93. The van der Waals surface area contributed by atoms with E-state index in [9.17, 15) is 0 Å². The molecule has 0 amide bonds. The summed E-state index contributed by atoms with van der Waals surface area (Å²) in [6, 6.07) is 1.83. The van der Waals surface area contributed by atoms with E-state index in [1.807, 2.05) is 13.0 Å². The van der Waals surface area contributed by atoms with Gasteiger partial charge in [0, 0.05) is 18.0 Å². The van der Waals surface area contributed by atoms with Gasteiger partial charge >= 0.3 is 0 Å². The van der Waals surface area contributed by atoms with Crippen molar-refractivity contribution in [1.29, 1.82) is 0 Å². The molecule has 0 aliphatic heterocycles. The second-order valence-corrected chi connectivity index (χ2v) is 2.72. The van der Waals surface area contributed by atoms with Crippen LogP contribution in [0.25, 0.3) is 11.4 Å². The molecule has 0 aliphatic rings. The minimum absolute atomic E-state index is 0.681. The molecule has 4 nitrogen and oxygen atoms in total. The third kappa shape index (κ3) is 1.66. The summed E-state index contributed by atoms with van der Waals surface area (Å²) in [5, 5.41) is 7.44. The fraction of sp³-hybridized carbons (Fsp3) is 0.111. The van der Waals surface area contributed by atoms with Gasteiger partial charge in [0.1, 0.15) is 0 Å². The Kier molecular flexibility index (Phi) is 1.96. The van der Waals surface area contributed by atoms with Crippen molar-refractivity contribution in [3.63, 3.8) is 0 Å². The highest BCUT2D eigenvalue weighted by molar-refractivity contribution is 5.51. The Balaban J connectivity index is 2.42. The van der Waals surface area contributed by atoms with Crippen molar-refractivity contribution < 1.29 is 0 Å². The van der Waals surface area contributed by atoms with Gasteiger partial charge in [0.15, 0.2) is 5.82 Å². The Bertz CT molecular complexity index is 382. The van der Waals surface area contributed by atoms with Gasteiger partial charge in [-0.1, -0.05) is 0 Å². The summed E-state index contributed by atoms with van der Waals surface area (Å²) in [5.74, 6) is 0.681. The third-order valence-corrected chi connectivity index (χ3v) is 1.62. The zero-order chi connectivity index (χ0) is 9.10. The van der Waals surface area contributed by atoms with Crippen LogP contribution in [0.15, 0.2) is 30.9 Å². The molecule has 0 aliphatic carbocycles. The van der Waals surface area contributed by atoms with E-state index in [1.54, 1.807) is 24.8 Å². The molecule has 0 aromatic carbocycles. The second kappa shape index (κ2) is 3.26. The average Bonchev–Trinajstić information content (AvgIpc) is 2.20. The number of hydrogen-bond acceptors (Lipinski definition) is 4. The molecule has 2 heterocycles. The van der Waals surface area contributed by atoms with Gasteiger partial charge in [-0.15, -0.1) is 0 Å². The van der Waals surface area contributed by atoms with Gasteiger partial charge in [-0.2, -0.15) is 10.2 Å². The first-order chi connectivity index (χ1) is 6.36. The molecule has 0 unspecified atom stereocenters. The van der Waals surface area contributed by atoms with Crippen LogP contribution in [-0.4, -0.2) is 20.2 Å². The third-order valence-electron chi connectivity index (χ3n) is 1.62. The van der Waals surface area contributed by atoms with Gasteiger partial charge in [-0.25, -0.2) is 9.97 Å². The fourth-order valence-electron chi connectivity index (χ4n) is 0.965. The highest BCUT2D eigenvalue weighted by atomic mass is 15.1. The number of hydrogen-bond donors (Lipinski definition) is 0. The van der Waals surface area contributed by atoms with Gasteiger partial charge in [-0.3, -0.25) is 0 Å². The van der Waals surface area contributed by atoms with Gasteiger partial charge < -0.3 is 0 Å². The molecule has 2 rings (SSSR count). The maximum absolute atomic E-state index is 4.17. The largest absolute Gasteiger partial charge is 0.236 e. The molecule has 0 saturated heterocycles. The van der Waals surface area contributed by atoms with Crippen LogP contribution in [0.1, 0.15) is 5.56 Å². The zero-order valence-corrected chi connectivity index (χ0v) is 7.18. The van der Waals surface area contributed by atoms with Crippen LogP contribution in [0.2, 0.25) is 0 Å². The van der Waals surface area contributed by atoms with Crippen LogP contribution in [0.4, 0.5) is 0 Å². The summed E-state index contributed by atoms with van der Waals surface area (Å²) in [6.45, 7) is 1.95. The van der Waals surface area contributed by atoms with Gasteiger partial charge in [0.25, 0.3) is 0 Å². The summed E-state index contributed by atoms with van der Waals surface area (Å²) in [6.07, 6.45) is 6.83. The fourth-order valence-corrected chi connectivity index (χ4v) is 0.965. The monoisotopic (exact) mass is 172 g/mol. The van der Waals surface area contributed by atoms with E-state index in [1.165, 1.54) is 0 Å². The zero-order valence-electron chi connectivity index (χ0n) is 7.18. The lowest BCUT2D eigenvalue weighted by Gasteiger charge is -1.97. The molecular weight excluding hydrogens is 164 g/mol. The van der Waals surface area contributed by atoms with Crippen molar-refractivity contribution in [3.05, 3.63) is 36.4 Å². The van der Waals surface area contributed by atoms with Crippen molar-refractivity contribution in [2.75, 3.05) is 0 Å². The Morgan fingerprint density at radius 1 is 1.00 bits per heavy atom. The quantitative estimate of drug-likeness (QED) is 0.649. The molecular formula is C9H8N4. The van der Waals surface area contributed by atoms with Crippen LogP contribution in [0.3, 0.4) is 0 Å². The first kappa shape index (κ1) is 7.79. The molecule has 0 radical (unpaired) electrons. The first-order valence-corrected chi connectivity index (χ1v) is 3.92. The van der Waals surface area contributed by atoms with E-state index in [4.69, 9.17) is 0 Å². The van der Waals surface area contributed by atoms with Crippen molar-refractivity contribution in [2.45, 2.75) is 6.92 Å². The first-order valence-electron chi connectivity index (χ1n) is 3.92. The maximum atomic E-state index is 4.17. The molecule has 64 valence electrons. The van der Waals surface area contributed by atoms with Crippen molar-refractivity contribution in [3.8, 4) is 11.4 Å². The molecule has 13 heavy (non-hydrogen) atoms. The summed E-state index contributed by atoms with van der Waals surface area (Å²) in [7, 11) is 0.